The SMILES string of the molecule is CCOc1cccc(NC(=O)Nc2ccccc2Cn2cncn2)c1. The first kappa shape index (κ1) is 16.5. The molecule has 0 radical (unpaired) electrons. The topological polar surface area (TPSA) is 81.1 Å². The van der Waals surface area contributed by atoms with Crippen LogP contribution in [-0.2, 0) is 6.54 Å². The minimum absolute atomic E-state index is 0.320. The third-order valence-electron chi connectivity index (χ3n) is 3.47. The number of carbonyl (C=O) groups is 1. The number of para-hydroxylation sites is 1. The molecule has 128 valence electrons. The number of nitrogens with zero attached hydrogens (tertiary/aromatic N) is 3. The van der Waals surface area contributed by atoms with Crippen LogP contribution in [0.3, 0.4) is 0 Å². The highest BCUT2D eigenvalue weighted by molar-refractivity contribution is 6.00. The van der Waals surface area contributed by atoms with Crippen molar-refractivity contribution >= 4 is 17.4 Å². The molecule has 0 unspecified atom stereocenters. The van der Waals surface area contributed by atoms with E-state index in [9.17, 15) is 4.79 Å². The van der Waals surface area contributed by atoms with Crippen molar-refractivity contribution in [3.8, 4) is 5.75 Å². The van der Waals surface area contributed by atoms with Crippen molar-refractivity contribution in [3.05, 3.63) is 66.7 Å². The molecule has 7 heteroatoms. The zero-order chi connectivity index (χ0) is 17.5. The molecule has 3 rings (SSSR count). The number of aromatic nitrogens is 3. The van der Waals surface area contributed by atoms with Crippen molar-refractivity contribution in [1.29, 1.82) is 0 Å². The fourth-order valence-electron chi connectivity index (χ4n) is 2.38. The lowest BCUT2D eigenvalue weighted by Crippen LogP contribution is -2.20. The zero-order valence-electron chi connectivity index (χ0n) is 13.8. The molecule has 0 fully saturated rings. The first-order valence-corrected chi connectivity index (χ1v) is 7.96. The molecule has 0 aliphatic carbocycles. The minimum Gasteiger partial charge on any atom is -0.494 e. The summed E-state index contributed by atoms with van der Waals surface area (Å²) in [4.78, 5) is 16.2. The number of benzene rings is 2. The molecule has 2 amide bonds. The van der Waals surface area contributed by atoms with Gasteiger partial charge < -0.3 is 15.4 Å². The number of nitrogens with one attached hydrogen (secondary N) is 2. The van der Waals surface area contributed by atoms with Crippen LogP contribution in [-0.4, -0.2) is 27.4 Å². The molecule has 7 nitrogen and oxygen atoms in total. The summed E-state index contributed by atoms with van der Waals surface area (Å²) in [5.41, 5.74) is 2.32. The van der Waals surface area contributed by atoms with Crippen LogP contribution in [0.15, 0.2) is 61.2 Å². The molecule has 0 spiro atoms. The summed E-state index contributed by atoms with van der Waals surface area (Å²) in [5.74, 6) is 0.715. The second-order valence-electron chi connectivity index (χ2n) is 5.29. The minimum atomic E-state index is -0.320. The van der Waals surface area contributed by atoms with Gasteiger partial charge >= 0.3 is 6.03 Å². The van der Waals surface area contributed by atoms with Gasteiger partial charge in [0.25, 0.3) is 0 Å². The smallest absolute Gasteiger partial charge is 0.323 e. The molecule has 0 saturated carbocycles. The summed E-state index contributed by atoms with van der Waals surface area (Å²) >= 11 is 0. The maximum atomic E-state index is 12.3. The van der Waals surface area contributed by atoms with Gasteiger partial charge in [0.1, 0.15) is 18.4 Å². The standard InChI is InChI=1S/C18H19N5O2/c1-2-25-16-8-5-7-15(10-16)21-18(24)22-17-9-4-3-6-14(17)11-23-13-19-12-20-23/h3-10,12-13H,2,11H2,1H3,(H2,21,22,24). The number of urea groups is 1. The third-order valence-corrected chi connectivity index (χ3v) is 3.47. The summed E-state index contributed by atoms with van der Waals surface area (Å²) < 4.78 is 7.14. The molecule has 0 bridgehead atoms. The van der Waals surface area contributed by atoms with Gasteiger partial charge in [0.2, 0.25) is 0 Å². The van der Waals surface area contributed by atoms with E-state index in [1.165, 1.54) is 6.33 Å². The van der Waals surface area contributed by atoms with Crippen LogP contribution in [0, 0.1) is 0 Å². The van der Waals surface area contributed by atoms with E-state index in [2.05, 4.69) is 20.7 Å². The van der Waals surface area contributed by atoms with Crippen molar-refractivity contribution < 1.29 is 9.53 Å². The maximum Gasteiger partial charge on any atom is 0.323 e. The van der Waals surface area contributed by atoms with E-state index in [1.54, 1.807) is 17.1 Å². The van der Waals surface area contributed by atoms with Crippen LogP contribution >= 0.6 is 0 Å². The van der Waals surface area contributed by atoms with E-state index in [1.807, 2.05) is 49.4 Å². The fourth-order valence-corrected chi connectivity index (χ4v) is 2.38. The van der Waals surface area contributed by atoms with Crippen LogP contribution < -0.4 is 15.4 Å². The number of hydrogen-bond acceptors (Lipinski definition) is 4. The van der Waals surface area contributed by atoms with Crippen molar-refractivity contribution in [2.75, 3.05) is 17.2 Å². The summed E-state index contributed by atoms with van der Waals surface area (Å²) in [6.45, 7) is 3.01. The quantitative estimate of drug-likeness (QED) is 0.722. The van der Waals surface area contributed by atoms with E-state index in [0.717, 1.165) is 11.3 Å². The highest BCUT2D eigenvalue weighted by Gasteiger charge is 2.08. The largest absolute Gasteiger partial charge is 0.494 e. The lowest BCUT2D eigenvalue weighted by molar-refractivity contribution is 0.262. The van der Waals surface area contributed by atoms with Crippen molar-refractivity contribution in [2.24, 2.45) is 0 Å². The van der Waals surface area contributed by atoms with Gasteiger partial charge in [-0.2, -0.15) is 5.10 Å². The Morgan fingerprint density at radius 3 is 2.84 bits per heavy atom. The molecule has 3 aromatic rings. The summed E-state index contributed by atoms with van der Waals surface area (Å²) in [6, 6.07) is 14.5. The fraction of sp³-hybridized carbons (Fsp3) is 0.167. The highest BCUT2D eigenvalue weighted by atomic mass is 16.5. The normalized spacial score (nSPS) is 10.3. The molecule has 2 N–H and O–H groups in total. The Labute approximate surface area is 145 Å². The van der Waals surface area contributed by atoms with Crippen molar-refractivity contribution in [2.45, 2.75) is 13.5 Å². The van der Waals surface area contributed by atoms with Gasteiger partial charge in [-0.3, -0.25) is 0 Å². The van der Waals surface area contributed by atoms with Gasteiger partial charge in [-0.25, -0.2) is 14.5 Å². The van der Waals surface area contributed by atoms with E-state index < -0.39 is 0 Å². The number of anilines is 2. The van der Waals surface area contributed by atoms with Crippen molar-refractivity contribution in [1.82, 2.24) is 14.8 Å². The Morgan fingerprint density at radius 2 is 2.04 bits per heavy atom. The predicted octanol–water partition coefficient (Wildman–Crippen LogP) is 3.37. The summed E-state index contributed by atoms with van der Waals surface area (Å²) in [7, 11) is 0. The van der Waals surface area contributed by atoms with Crippen LogP contribution in [0.2, 0.25) is 0 Å². The Hall–Kier alpha value is -3.35. The molecule has 0 aliphatic heterocycles. The zero-order valence-corrected chi connectivity index (χ0v) is 13.8. The molecule has 1 aromatic heterocycles. The molecule has 0 atom stereocenters. The van der Waals surface area contributed by atoms with Gasteiger partial charge in [0.05, 0.1) is 13.2 Å². The van der Waals surface area contributed by atoms with Gasteiger partial charge in [-0.05, 0) is 30.7 Å². The number of amides is 2. The maximum absolute atomic E-state index is 12.3. The van der Waals surface area contributed by atoms with Crippen LogP contribution in [0.25, 0.3) is 0 Å². The average molecular weight is 337 g/mol. The highest BCUT2D eigenvalue weighted by Crippen LogP contribution is 2.19. The number of ether oxygens (including phenoxy) is 1. The van der Waals surface area contributed by atoms with E-state index in [0.29, 0.717) is 24.6 Å². The lowest BCUT2D eigenvalue weighted by Gasteiger charge is -2.12. The Morgan fingerprint density at radius 1 is 1.16 bits per heavy atom. The summed E-state index contributed by atoms with van der Waals surface area (Å²) in [6.07, 6.45) is 3.12. The molecular weight excluding hydrogens is 318 g/mol. The Balaban J connectivity index is 1.68. The van der Waals surface area contributed by atoms with Crippen molar-refractivity contribution in [3.63, 3.8) is 0 Å². The molecule has 1 heterocycles. The van der Waals surface area contributed by atoms with Crippen LogP contribution in [0.1, 0.15) is 12.5 Å². The lowest BCUT2D eigenvalue weighted by atomic mass is 10.2. The predicted molar refractivity (Wildman–Crippen MR) is 95.8 cm³/mol. The first-order valence-electron chi connectivity index (χ1n) is 7.96. The molecule has 25 heavy (non-hydrogen) atoms. The van der Waals surface area contributed by atoms with Crippen LogP contribution in [0.4, 0.5) is 16.2 Å². The Kier molecular flexibility index (Phi) is 5.26. The summed E-state index contributed by atoms with van der Waals surface area (Å²) in [5, 5.41) is 9.77. The van der Waals surface area contributed by atoms with E-state index in [4.69, 9.17) is 4.74 Å². The van der Waals surface area contributed by atoms with E-state index >= 15 is 0 Å². The van der Waals surface area contributed by atoms with E-state index in [-0.39, 0.29) is 6.03 Å². The average Bonchev–Trinajstić information content (AvgIpc) is 3.10. The molecule has 0 saturated heterocycles. The molecule has 0 aliphatic rings. The van der Waals surface area contributed by atoms with Gasteiger partial charge in [-0.15, -0.1) is 0 Å². The molecular formula is C18H19N5O2. The second kappa shape index (κ2) is 7.96. The third kappa shape index (κ3) is 4.57. The second-order valence-corrected chi connectivity index (χ2v) is 5.29. The molecule has 2 aromatic carbocycles. The van der Waals surface area contributed by atoms with Crippen LogP contribution in [0.5, 0.6) is 5.75 Å². The number of carbonyl (C=O) groups excluding carboxylic acids is 1. The van der Waals surface area contributed by atoms with Gasteiger partial charge in [-0.1, -0.05) is 24.3 Å². The monoisotopic (exact) mass is 337 g/mol. The van der Waals surface area contributed by atoms with Gasteiger partial charge in [0, 0.05) is 17.4 Å². The number of hydrogen-bond donors (Lipinski definition) is 2. The first-order chi connectivity index (χ1) is 12.2. The van der Waals surface area contributed by atoms with Gasteiger partial charge in [0.15, 0.2) is 0 Å². The Bertz CT molecular complexity index is 833. The number of rotatable bonds is 6.